The highest BCUT2D eigenvalue weighted by Crippen LogP contribution is 2.37. The molecule has 1 aliphatic heterocycles. The van der Waals surface area contributed by atoms with Crippen LogP contribution in [0.3, 0.4) is 0 Å². The highest BCUT2D eigenvalue weighted by molar-refractivity contribution is 7.89. The number of nitrogens with two attached hydrogens (primary N) is 1. The van der Waals surface area contributed by atoms with Crippen LogP contribution in [0.15, 0.2) is 53.7 Å². The van der Waals surface area contributed by atoms with Crippen LogP contribution in [0.1, 0.15) is 0 Å². The number of imidazole rings is 1. The molecule has 0 spiro atoms. The molecule has 0 atom stereocenters. The van der Waals surface area contributed by atoms with Crippen molar-refractivity contribution in [3.8, 4) is 22.8 Å². The number of aromatic nitrogens is 4. The minimum Gasteiger partial charge on any atom is -0.454 e. The molecule has 10 nitrogen and oxygen atoms in total. The summed E-state index contributed by atoms with van der Waals surface area (Å²) in [6, 6.07) is 11.5. The topological polar surface area (TPSA) is 145 Å². The number of aromatic amines is 1. The van der Waals surface area contributed by atoms with Crippen LogP contribution in [0.25, 0.3) is 22.4 Å². The summed E-state index contributed by atoms with van der Waals surface area (Å²) in [5, 5.41) is 8.19. The molecule has 2 aromatic heterocycles. The maximum Gasteiger partial charge on any atom is 0.238 e. The Morgan fingerprint density at radius 2 is 1.83 bits per heavy atom. The number of hydrogen-bond acceptors (Lipinski definition) is 8. The summed E-state index contributed by atoms with van der Waals surface area (Å²) >= 11 is 0. The van der Waals surface area contributed by atoms with Gasteiger partial charge in [-0.05, 0) is 42.5 Å². The van der Waals surface area contributed by atoms with Crippen molar-refractivity contribution in [3.63, 3.8) is 0 Å². The first-order valence-electron chi connectivity index (χ1n) is 8.48. The molecule has 0 saturated carbocycles. The molecule has 146 valence electrons. The van der Waals surface area contributed by atoms with Gasteiger partial charge in [-0.3, -0.25) is 0 Å². The van der Waals surface area contributed by atoms with Gasteiger partial charge in [-0.15, -0.1) is 0 Å². The third-order valence-corrected chi connectivity index (χ3v) is 5.30. The first-order chi connectivity index (χ1) is 14.0. The predicted octanol–water partition coefficient (Wildman–Crippen LogP) is 2.14. The molecule has 5 rings (SSSR count). The fourth-order valence-electron chi connectivity index (χ4n) is 3.00. The Morgan fingerprint density at radius 3 is 2.62 bits per heavy atom. The summed E-state index contributed by atoms with van der Waals surface area (Å²) in [5.41, 5.74) is 3.20. The molecule has 29 heavy (non-hydrogen) atoms. The van der Waals surface area contributed by atoms with Crippen LogP contribution in [0, 0.1) is 0 Å². The van der Waals surface area contributed by atoms with E-state index >= 15 is 0 Å². The molecule has 4 aromatic rings. The van der Waals surface area contributed by atoms with Crippen molar-refractivity contribution in [2.24, 2.45) is 5.14 Å². The molecule has 1 aliphatic rings. The number of nitrogens with zero attached hydrogens (tertiary/aromatic N) is 3. The van der Waals surface area contributed by atoms with Crippen LogP contribution in [0.2, 0.25) is 0 Å². The average Bonchev–Trinajstić information content (AvgIpc) is 3.35. The number of sulfonamides is 1. The average molecular weight is 410 g/mol. The number of anilines is 2. The van der Waals surface area contributed by atoms with Crippen molar-refractivity contribution < 1.29 is 17.9 Å². The fraction of sp³-hybridized carbons (Fsp3) is 0.0556. The van der Waals surface area contributed by atoms with Crippen LogP contribution >= 0.6 is 0 Å². The molecule has 2 aromatic carbocycles. The van der Waals surface area contributed by atoms with E-state index in [-0.39, 0.29) is 11.7 Å². The number of ether oxygens (including phenoxy) is 2. The SMILES string of the molecule is NS(=O)(=O)c1ccc(Nc2nc(-c3ccc4c(c3)OCO4)c3[nH]cnc3n2)cc1. The first kappa shape index (κ1) is 17.4. The number of fused-ring (bicyclic) bond motifs is 2. The van der Waals surface area contributed by atoms with Crippen molar-refractivity contribution in [2.75, 3.05) is 12.1 Å². The number of nitrogens with one attached hydrogen (secondary N) is 2. The maximum absolute atomic E-state index is 11.4. The second-order valence-corrected chi connectivity index (χ2v) is 7.82. The smallest absolute Gasteiger partial charge is 0.238 e. The van der Waals surface area contributed by atoms with Gasteiger partial charge < -0.3 is 19.8 Å². The molecule has 0 saturated heterocycles. The van der Waals surface area contributed by atoms with Gasteiger partial charge in [-0.1, -0.05) is 0 Å². The van der Waals surface area contributed by atoms with Crippen LogP contribution < -0.4 is 19.9 Å². The lowest BCUT2D eigenvalue weighted by molar-refractivity contribution is 0.174. The Labute approximate surface area is 164 Å². The minimum atomic E-state index is -3.76. The van der Waals surface area contributed by atoms with E-state index in [1.54, 1.807) is 18.5 Å². The Kier molecular flexibility index (Phi) is 3.86. The zero-order chi connectivity index (χ0) is 20.0. The maximum atomic E-state index is 11.4. The normalized spacial score (nSPS) is 13.0. The number of H-pyrrole nitrogens is 1. The van der Waals surface area contributed by atoms with Crippen LogP contribution in [0.5, 0.6) is 11.5 Å². The van der Waals surface area contributed by atoms with E-state index in [9.17, 15) is 8.42 Å². The summed E-state index contributed by atoms with van der Waals surface area (Å²) < 4.78 is 33.6. The summed E-state index contributed by atoms with van der Waals surface area (Å²) in [5.74, 6) is 1.62. The largest absolute Gasteiger partial charge is 0.454 e. The lowest BCUT2D eigenvalue weighted by atomic mass is 10.1. The van der Waals surface area contributed by atoms with Crippen LogP contribution in [-0.4, -0.2) is 35.1 Å². The van der Waals surface area contributed by atoms with E-state index in [0.717, 1.165) is 5.56 Å². The van der Waals surface area contributed by atoms with Crippen molar-refractivity contribution in [2.45, 2.75) is 4.90 Å². The summed E-state index contributed by atoms with van der Waals surface area (Å²) in [4.78, 5) is 16.3. The lowest BCUT2D eigenvalue weighted by Crippen LogP contribution is -2.11. The molecule has 0 bridgehead atoms. The molecule has 0 amide bonds. The second-order valence-electron chi connectivity index (χ2n) is 6.26. The van der Waals surface area contributed by atoms with Gasteiger partial charge in [0, 0.05) is 11.3 Å². The molecular formula is C18H14N6O4S. The highest BCUT2D eigenvalue weighted by atomic mass is 32.2. The zero-order valence-electron chi connectivity index (χ0n) is 14.8. The van der Waals surface area contributed by atoms with Crippen molar-refractivity contribution in [3.05, 3.63) is 48.8 Å². The molecular weight excluding hydrogens is 396 g/mol. The molecule has 4 N–H and O–H groups in total. The van der Waals surface area contributed by atoms with Crippen molar-refractivity contribution >= 4 is 32.8 Å². The van der Waals surface area contributed by atoms with E-state index in [4.69, 9.17) is 14.6 Å². The van der Waals surface area contributed by atoms with Gasteiger partial charge in [0.2, 0.25) is 22.8 Å². The van der Waals surface area contributed by atoms with Gasteiger partial charge >= 0.3 is 0 Å². The van der Waals surface area contributed by atoms with Crippen molar-refractivity contribution in [1.29, 1.82) is 0 Å². The minimum absolute atomic E-state index is 0.0211. The van der Waals surface area contributed by atoms with Crippen molar-refractivity contribution in [1.82, 2.24) is 19.9 Å². The van der Waals surface area contributed by atoms with Gasteiger partial charge in [0.25, 0.3) is 0 Å². The first-order valence-corrected chi connectivity index (χ1v) is 10.0. The van der Waals surface area contributed by atoms with E-state index in [1.165, 1.54) is 12.1 Å². The van der Waals surface area contributed by atoms with Gasteiger partial charge in [0.15, 0.2) is 17.1 Å². The molecule has 0 radical (unpaired) electrons. The predicted molar refractivity (Wildman–Crippen MR) is 104 cm³/mol. The third kappa shape index (κ3) is 3.22. The van der Waals surface area contributed by atoms with E-state index < -0.39 is 10.0 Å². The molecule has 3 heterocycles. The van der Waals surface area contributed by atoms with Crippen LogP contribution in [0.4, 0.5) is 11.6 Å². The summed E-state index contributed by atoms with van der Waals surface area (Å²) in [6.07, 6.45) is 1.54. The Balaban J connectivity index is 1.54. The fourth-order valence-corrected chi connectivity index (χ4v) is 3.51. The summed E-state index contributed by atoms with van der Waals surface area (Å²) in [6.45, 7) is 0.184. The number of hydrogen-bond donors (Lipinski definition) is 3. The van der Waals surface area contributed by atoms with Gasteiger partial charge in [0.1, 0.15) is 11.2 Å². The molecule has 11 heteroatoms. The number of benzene rings is 2. The summed E-state index contributed by atoms with van der Waals surface area (Å²) in [7, 11) is -3.76. The van der Waals surface area contributed by atoms with Gasteiger partial charge in [0.05, 0.1) is 11.2 Å². The second kappa shape index (κ2) is 6.43. The van der Waals surface area contributed by atoms with Gasteiger partial charge in [-0.2, -0.15) is 4.98 Å². The lowest BCUT2D eigenvalue weighted by Gasteiger charge is -2.09. The zero-order valence-corrected chi connectivity index (χ0v) is 15.6. The van der Waals surface area contributed by atoms with Crippen LogP contribution in [-0.2, 0) is 10.0 Å². The van der Waals surface area contributed by atoms with E-state index in [2.05, 4.69) is 25.3 Å². The van der Waals surface area contributed by atoms with E-state index in [0.29, 0.717) is 40.0 Å². The molecule has 0 aliphatic carbocycles. The Hall–Kier alpha value is -3.70. The number of primary sulfonamides is 1. The van der Waals surface area contributed by atoms with Gasteiger partial charge in [-0.25, -0.2) is 23.5 Å². The highest BCUT2D eigenvalue weighted by Gasteiger charge is 2.18. The Bertz CT molecular complexity index is 1330. The monoisotopic (exact) mass is 410 g/mol. The molecule has 0 unspecified atom stereocenters. The standard InChI is InChI=1S/C18H14N6O4S/c19-29(25,26)12-4-2-11(3-5-12)22-18-23-15(16-17(24-18)21-8-20-16)10-1-6-13-14(7-10)28-9-27-13/h1-8H,9H2,(H2,19,25,26)(H2,20,21,22,23,24). The number of rotatable bonds is 4. The van der Waals surface area contributed by atoms with E-state index in [1.807, 2.05) is 18.2 Å². The quantitative estimate of drug-likeness (QED) is 0.464. The molecule has 0 fully saturated rings. The Morgan fingerprint density at radius 1 is 1.03 bits per heavy atom. The third-order valence-electron chi connectivity index (χ3n) is 4.37.